The summed E-state index contributed by atoms with van der Waals surface area (Å²) in [5.41, 5.74) is 0.116. The molecule has 4 nitrogen and oxygen atoms in total. The Morgan fingerprint density at radius 3 is 2.61 bits per heavy atom. The minimum absolute atomic E-state index is 0.0488. The van der Waals surface area contributed by atoms with Crippen molar-refractivity contribution in [2.45, 2.75) is 18.9 Å². The van der Waals surface area contributed by atoms with Gasteiger partial charge in [0.25, 0.3) is 5.91 Å². The molecule has 0 unspecified atom stereocenters. The number of amides is 1. The summed E-state index contributed by atoms with van der Waals surface area (Å²) < 4.78 is 13.3. The molecule has 1 N–H and O–H groups in total. The van der Waals surface area contributed by atoms with Crippen molar-refractivity contribution >= 4 is 23.5 Å². The Balaban J connectivity index is 2.21. The fourth-order valence-corrected chi connectivity index (χ4v) is 1.81. The number of carboxylic acids is 1. The fourth-order valence-electron chi connectivity index (χ4n) is 1.69. The molecule has 1 aliphatic carbocycles. The molecular formula is C12H11ClFNO3. The van der Waals surface area contributed by atoms with Crippen LogP contribution in [0.5, 0.6) is 0 Å². The Kier molecular flexibility index (Phi) is 3.52. The highest BCUT2D eigenvalue weighted by Gasteiger charge is 2.34. The highest BCUT2D eigenvalue weighted by Crippen LogP contribution is 2.28. The SMILES string of the molecule is O=C(O)CN(C(=O)c1ccc(Cl)c(F)c1)C1CC1. The van der Waals surface area contributed by atoms with Crippen LogP contribution in [-0.2, 0) is 4.79 Å². The van der Waals surface area contributed by atoms with Gasteiger partial charge in [-0.25, -0.2) is 4.39 Å². The van der Waals surface area contributed by atoms with Crippen molar-refractivity contribution in [2.24, 2.45) is 0 Å². The molecular weight excluding hydrogens is 261 g/mol. The van der Waals surface area contributed by atoms with Gasteiger partial charge in [0.05, 0.1) is 5.02 Å². The monoisotopic (exact) mass is 271 g/mol. The minimum atomic E-state index is -1.08. The second-order valence-electron chi connectivity index (χ2n) is 4.19. The highest BCUT2D eigenvalue weighted by atomic mass is 35.5. The molecule has 0 saturated heterocycles. The van der Waals surface area contributed by atoms with Gasteiger partial charge < -0.3 is 10.0 Å². The smallest absolute Gasteiger partial charge is 0.323 e. The van der Waals surface area contributed by atoms with E-state index in [1.165, 1.54) is 17.0 Å². The second kappa shape index (κ2) is 4.94. The molecule has 0 aliphatic heterocycles. The summed E-state index contributed by atoms with van der Waals surface area (Å²) in [5, 5.41) is 8.70. The number of hydrogen-bond acceptors (Lipinski definition) is 2. The quantitative estimate of drug-likeness (QED) is 0.913. The van der Waals surface area contributed by atoms with E-state index in [0.29, 0.717) is 0 Å². The van der Waals surface area contributed by atoms with E-state index in [2.05, 4.69) is 0 Å². The summed E-state index contributed by atoms with van der Waals surface area (Å²) in [5.74, 6) is -2.24. The molecule has 2 rings (SSSR count). The summed E-state index contributed by atoms with van der Waals surface area (Å²) >= 11 is 5.53. The van der Waals surface area contributed by atoms with E-state index in [1.54, 1.807) is 0 Å². The van der Waals surface area contributed by atoms with Crippen LogP contribution in [-0.4, -0.2) is 34.5 Å². The van der Waals surface area contributed by atoms with Crippen LogP contribution in [0.4, 0.5) is 4.39 Å². The van der Waals surface area contributed by atoms with Crippen molar-refractivity contribution < 1.29 is 19.1 Å². The summed E-state index contributed by atoms with van der Waals surface area (Å²) in [4.78, 5) is 24.0. The molecule has 6 heteroatoms. The zero-order valence-electron chi connectivity index (χ0n) is 9.40. The molecule has 1 aliphatic rings. The molecule has 0 atom stereocenters. The molecule has 1 aromatic carbocycles. The molecule has 18 heavy (non-hydrogen) atoms. The lowest BCUT2D eigenvalue weighted by atomic mass is 10.2. The number of carboxylic acid groups (broad SMARTS) is 1. The number of nitrogens with zero attached hydrogens (tertiary/aromatic N) is 1. The molecule has 1 fully saturated rings. The molecule has 0 spiro atoms. The predicted octanol–water partition coefficient (Wildman–Crippen LogP) is 2.17. The van der Waals surface area contributed by atoms with Crippen LogP contribution >= 0.6 is 11.6 Å². The third-order valence-electron chi connectivity index (χ3n) is 2.72. The van der Waals surface area contributed by atoms with Gasteiger partial charge >= 0.3 is 5.97 Å². The topological polar surface area (TPSA) is 57.6 Å². The van der Waals surface area contributed by atoms with Gasteiger partial charge in [-0.1, -0.05) is 11.6 Å². The van der Waals surface area contributed by atoms with Crippen molar-refractivity contribution in [1.29, 1.82) is 0 Å². The Bertz CT molecular complexity index is 502. The van der Waals surface area contributed by atoms with Gasteiger partial charge in [-0.2, -0.15) is 0 Å². The van der Waals surface area contributed by atoms with E-state index in [1.807, 2.05) is 0 Å². The highest BCUT2D eigenvalue weighted by molar-refractivity contribution is 6.30. The summed E-state index contributed by atoms with van der Waals surface area (Å²) in [6, 6.07) is 3.66. The Morgan fingerprint density at radius 1 is 1.44 bits per heavy atom. The van der Waals surface area contributed by atoms with Crippen LogP contribution in [0.1, 0.15) is 23.2 Å². The van der Waals surface area contributed by atoms with Crippen molar-refractivity contribution in [3.63, 3.8) is 0 Å². The average Bonchev–Trinajstić information content (AvgIpc) is 3.12. The normalized spacial score (nSPS) is 14.3. The first-order chi connectivity index (χ1) is 8.49. The predicted molar refractivity (Wildman–Crippen MR) is 63.1 cm³/mol. The first kappa shape index (κ1) is 12.8. The van der Waals surface area contributed by atoms with Crippen LogP contribution in [0.2, 0.25) is 5.02 Å². The lowest BCUT2D eigenvalue weighted by Gasteiger charge is -2.20. The third-order valence-corrected chi connectivity index (χ3v) is 3.03. The number of carbonyl (C=O) groups excluding carboxylic acids is 1. The molecule has 0 radical (unpaired) electrons. The third kappa shape index (κ3) is 2.79. The van der Waals surface area contributed by atoms with E-state index in [-0.39, 0.29) is 23.2 Å². The Hall–Kier alpha value is -1.62. The van der Waals surface area contributed by atoms with E-state index in [0.717, 1.165) is 18.9 Å². The minimum Gasteiger partial charge on any atom is -0.480 e. The van der Waals surface area contributed by atoms with Crippen LogP contribution in [0.15, 0.2) is 18.2 Å². The van der Waals surface area contributed by atoms with Crippen LogP contribution in [0, 0.1) is 5.82 Å². The molecule has 1 aromatic rings. The lowest BCUT2D eigenvalue weighted by molar-refractivity contribution is -0.137. The first-order valence-corrected chi connectivity index (χ1v) is 5.84. The summed E-state index contributed by atoms with van der Waals surface area (Å²) in [6.07, 6.45) is 1.57. The molecule has 0 aromatic heterocycles. The van der Waals surface area contributed by atoms with Gasteiger partial charge in [-0.3, -0.25) is 9.59 Å². The van der Waals surface area contributed by atoms with Crippen molar-refractivity contribution in [3.8, 4) is 0 Å². The molecule has 1 amide bonds. The molecule has 1 saturated carbocycles. The molecule has 0 bridgehead atoms. The zero-order valence-corrected chi connectivity index (χ0v) is 10.2. The maximum Gasteiger partial charge on any atom is 0.323 e. The van der Waals surface area contributed by atoms with E-state index in [4.69, 9.17) is 16.7 Å². The van der Waals surface area contributed by atoms with Crippen molar-refractivity contribution in [3.05, 3.63) is 34.6 Å². The van der Waals surface area contributed by atoms with Crippen molar-refractivity contribution in [1.82, 2.24) is 4.90 Å². The number of hydrogen-bond donors (Lipinski definition) is 1. The van der Waals surface area contributed by atoms with Gasteiger partial charge in [0.1, 0.15) is 12.4 Å². The van der Waals surface area contributed by atoms with E-state index < -0.39 is 17.7 Å². The van der Waals surface area contributed by atoms with Crippen LogP contribution in [0.25, 0.3) is 0 Å². The zero-order chi connectivity index (χ0) is 13.3. The lowest BCUT2D eigenvalue weighted by Crippen LogP contribution is -2.37. The maximum absolute atomic E-state index is 13.3. The van der Waals surface area contributed by atoms with Gasteiger partial charge in [-0.05, 0) is 31.0 Å². The van der Waals surface area contributed by atoms with E-state index in [9.17, 15) is 14.0 Å². The fraction of sp³-hybridized carbons (Fsp3) is 0.333. The van der Waals surface area contributed by atoms with Crippen LogP contribution in [0.3, 0.4) is 0 Å². The summed E-state index contributed by atoms with van der Waals surface area (Å²) in [6.45, 7) is -0.367. The number of rotatable bonds is 4. The van der Waals surface area contributed by atoms with Gasteiger partial charge in [0.2, 0.25) is 0 Å². The van der Waals surface area contributed by atoms with Crippen molar-refractivity contribution in [2.75, 3.05) is 6.54 Å². The average molecular weight is 272 g/mol. The molecule has 0 heterocycles. The number of carbonyl (C=O) groups is 2. The van der Waals surface area contributed by atoms with Gasteiger partial charge in [-0.15, -0.1) is 0 Å². The number of benzene rings is 1. The number of aliphatic carboxylic acids is 1. The first-order valence-electron chi connectivity index (χ1n) is 5.47. The Morgan fingerprint density at radius 2 is 2.11 bits per heavy atom. The Labute approximate surface area is 108 Å². The van der Waals surface area contributed by atoms with Gasteiger partial charge in [0, 0.05) is 11.6 Å². The largest absolute Gasteiger partial charge is 0.480 e. The van der Waals surface area contributed by atoms with E-state index >= 15 is 0 Å². The summed E-state index contributed by atoms with van der Waals surface area (Å²) in [7, 11) is 0. The number of halogens is 2. The second-order valence-corrected chi connectivity index (χ2v) is 4.59. The molecule has 96 valence electrons. The maximum atomic E-state index is 13.3. The standard InChI is InChI=1S/C12H11ClFNO3/c13-9-4-1-7(5-10(9)14)12(18)15(6-11(16)17)8-2-3-8/h1,4-5,8H,2-3,6H2,(H,16,17). The van der Waals surface area contributed by atoms with Crippen LogP contribution < -0.4 is 0 Å². The van der Waals surface area contributed by atoms with Gasteiger partial charge in [0.15, 0.2) is 0 Å².